The smallest absolute Gasteiger partial charge is 0.181 e. The summed E-state index contributed by atoms with van der Waals surface area (Å²) < 4.78 is 25.0. The minimum atomic E-state index is -3.21. The van der Waals surface area contributed by atoms with Gasteiger partial charge in [0.1, 0.15) is 6.61 Å². The maximum absolute atomic E-state index is 12.5. The zero-order chi connectivity index (χ0) is 12.6. The Morgan fingerprint density at radius 2 is 2.00 bits per heavy atom. The number of fused-ring (bicyclic) bond motifs is 1. The molecule has 1 aliphatic carbocycles. The third-order valence-corrected chi connectivity index (χ3v) is 5.94. The summed E-state index contributed by atoms with van der Waals surface area (Å²) in [5.41, 5.74) is 1.04. The molecule has 3 rings (SSSR count). The number of sulfone groups is 1. The highest BCUT2D eigenvalue weighted by Crippen LogP contribution is 2.33. The van der Waals surface area contributed by atoms with Gasteiger partial charge in [0.25, 0.3) is 0 Å². The van der Waals surface area contributed by atoms with E-state index >= 15 is 0 Å². The van der Waals surface area contributed by atoms with Crippen LogP contribution in [0.2, 0.25) is 0 Å². The van der Waals surface area contributed by atoms with E-state index in [4.69, 9.17) is 4.84 Å². The normalized spacial score (nSPS) is 27.2. The van der Waals surface area contributed by atoms with Gasteiger partial charge in [-0.05, 0) is 31.4 Å². The van der Waals surface area contributed by atoms with Crippen molar-refractivity contribution in [3.63, 3.8) is 0 Å². The number of benzene rings is 1. The summed E-state index contributed by atoms with van der Waals surface area (Å²) in [6.07, 6.45) is 2.02. The molecular weight excluding hydrogens is 250 g/mol. The molecule has 0 radical (unpaired) electrons. The standard InChI is InChI=1S/C13H15NO3S/c15-18(16,11-4-2-1-3-5-11)12-6-7-13-10(8-12)9-17-14-13/h1-5,10,12H,6-9H2/t10-,12+/m0/s1. The maximum Gasteiger partial charge on any atom is 0.181 e. The topological polar surface area (TPSA) is 55.7 Å². The molecule has 1 aromatic carbocycles. The fourth-order valence-electron chi connectivity index (χ4n) is 2.66. The van der Waals surface area contributed by atoms with Crippen LogP contribution in [0.5, 0.6) is 0 Å². The Hall–Kier alpha value is -1.36. The van der Waals surface area contributed by atoms with Crippen LogP contribution in [-0.2, 0) is 14.7 Å². The Morgan fingerprint density at radius 3 is 2.78 bits per heavy atom. The molecule has 0 bridgehead atoms. The molecular formula is C13H15NO3S. The van der Waals surface area contributed by atoms with Crippen LogP contribution in [0.25, 0.3) is 0 Å². The van der Waals surface area contributed by atoms with Crippen LogP contribution in [0.15, 0.2) is 40.4 Å². The molecule has 5 heteroatoms. The van der Waals surface area contributed by atoms with Crippen molar-refractivity contribution in [3.05, 3.63) is 30.3 Å². The summed E-state index contributed by atoms with van der Waals surface area (Å²) in [4.78, 5) is 5.48. The van der Waals surface area contributed by atoms with Crippen molar-refractivity contribution in [2.75, 3.05) is 6.61 Å². The minimum absolute atomic E-state index is 0.197. The number of rotatable bonds is 2. The van der Waals surface area contributed by atoms with E-state index in [1.807, 2.05) is 6.07 Å². The van der Waals surface area contributed by atoms with Crippen molar-refractivity contribution < 1.29 is 13.3 Å². The summed E-state index contributed by atoms with van der Waals surface area (Å²) >= 11 is 0. The molecule has 96 valence electrons. The number of hydrogen-bond acceptors (Lipinski definition) is 4. The second kappa shape index (κ2) is 4.39. The first-order valence-corrected chi connectivity index (χ1v) is 7.70. The van der Waals surface area contributed by atoms with Crippen LogP contribution in [0.4, 0.5) is 0 Å². The summed E-state index contributed by atoms with van der Waals surface area (Å²) in [5.74, 6) is 0.197. The van der Waals surface area contributed by atoms with E-state index < -0.39 is 9.84 Å². The fraction of sp³-hybridized carbons (Fsp3) is 0.462. The SMILES string of the molecule is O=S(=O)(c1ccccc1)[C@@H]1CCC2=NOC[C@@H]2C1. The second-order valence-electron chi connectivity index (χ2n) is 4.83. The van der Waals surface area contributed by atoms with Gasteiger partial charge in [-0.25, -0.2) is 8.42 Å². The molecule has 1 aliphatic heterocycles. The number of oxime groups is 1. The van der Waals surface area contributed by atoms with E-state index in [0.29, 0.717) is 24.3 Å². The van der Waals surface area contributed by atoms with Crippen molar-refractivity contribution in [1.29, 1.82) is 0 Å². The van der Waals surface area contributed by atoms with E-state index in [2.05, 4.69) is 5.16 Å². The molecule has 0 saturated heterocycles. The monoisotopic (exact) mass is 265 g/mol. The lowest BCUT2D eigenvalue weighted by atomic mass is 9.88. The van der Waals surface area contributed by atoms with Gasteiger partial charge in [0.15, 0.2) is 9.84 Å². The van der Waals surface area contributed by atoms with Crippen molar-refractivity contribution in [3.8, 4) is 0 Å². The van der Waals surface area contributed by atoms with Gasteiger partial charge < -0.3 is 4.84 Å². The van der Waals surface area contributed by atoms with Gasteiger partial charge in [-0.3, -0.25) is 0 Å². The molecule has 0 spiro atoms. The van der Waals surface area contributed by atoms with Gasteiger partial charge in [0, 0.05) is 5.92 Å². The predicted molar refractivity (Wildman–Crippen MR) is 68.1 cm³/mol. The molecule has 1 saturated carbocycles. The second-order valence-corrected chi connectivity index (χ2v) is 7.06. The Balaban J connectivity index is 1.85. The number of hydrogen-bond donors (Lipinski definition) is 0. The predicted octanol–water partition coefficient (Wildman–Crippen LogP) is 2.02. The van der Waals surface area contributed by atoms with Crippen molar-refractivity contribution >= 4 is 15.5 Å². The lowest BCUT2D eigenvalue weighted by Gasteiger charge is -2.25. The van der Waals surface area contributed by atoms with E-state index in [9.17, 15) is 8.42 Å². The first kappa shape index (κ1) is 11.7. The van der Waals surface area contributed by atoms with E-state index in [1.54, 1.807) is 24.3 Å². The lowest BCUT2D eigenvalue weighted by Crippen LogP contribution is -2.33. The maximum atomic E-state index is 12.5. The molecule has 0 unspecified atom stereocenters. The quantitative estimate of drug-likeness (QED) is 0.822. The molecule has 1 aromatic rings. The molecule has 1 heterocycles. The summed E-state index contributed by atoms with van der Waals surface area (Å²) in [6.45, 7) is 0.538. The number of nitrogens with zero attached hydrogens (tertiary/aromatic N) is 1. The van der Waals surface area contributed by atoms with Gasteiger partial charge in [-0.15, -0.1) is 0 Å². The van der Waals surface area contributed by atoms with Gasteiger partial charge in [-0.1, -0.05) is 23.4 Å². The van der Waals surface area contributed by atoms with E-state index in [0.717, 1.165) is 12.1 Å². The van der Waals surface area contributed by atoms with E-state index in [1.165, 1.54) is 0 Å². The van der Waals surface area contributed by atoms with Gasteiger partial charge >= 0.3 is 0 Å². The van der Waals surface area contributed by atoms with Crippen LogP contribution >= 0.6 is 0 Å². The largest absolute Gasteiger partial charge is 0.395 e. The third-order valence-electron chi connectivity index (χ3n) is 3.71. The summed E-state index contributed by atoms with van der Waals surface area (Å²) in [5, 5.41) is 3.67. The molecule has 18 heavy (non-hydrogen) atoms. The average Bonchev–Trinajstić information content (AvgIpc) is 2.87. The first-order valence-electron chi connectivity index (χ1n) is 6.15. The van der Waals surface area contributed by atoms with Crippen molar-refractivity contribution in [2.24, 2.45) is 11.1 Å². The van der Waals surface area contributed by atoms with Crippen LogP contribution < -0.4 is 0 Å². The zero-order valence-corrected chi connectivity index (χ0v) is 10.8. The van der Waals surface area contributed by atoms with Crippen LogP contribution in [0.1, 0.15) is 19.3 Å². The van der Waals surface area contributed by atoms with Gasteiger partial charge in [-0.2, -0.15) is 0 Å². The Bertz CT molecular complexity index is 565. The third kappa shape index (κ3) is 1.92. The highest BCUT2D eigenvalue weighted by molar-refractivity contribution is 7.92. The Labute approximate surface area is 107 Å². The van der Waals surface area contributed by atoms with Gasteiger partial charge in [0.05, 0.1) is 15.9 Å². The van der Waals surface area contributed by atoms with Crippen molar-refractivity contribution in [1.82, 2.24) is 0 Å². The Kier molecular flexibility index (Phi) is 2.86. The van der Waals surface area contributed by atoms with E-state index in [-0.39, 0.29) is 11.2 Å². The fourth-order valence-corrected chi connectivity index (χ4v) is 4.50. The molecule has 0 N–H and O–H groups in total. The van der Waals surface area contributed by atoms with Crippen LogP contribution in [-0.4, -0.2) is 26.0 Å². The summed E-state index contributed by atoms with van der Waals surface area (Å²) in [6, 6.07) is 8.70. The average molecular weight is 265 g/mol. The molecule has 0 amide bonds. The summed E-state index contributed by atoms with van der Waals surface area (Å²) in [7, 11) is -3.21. The minimum Gasteiger partial charge on any atom is -0.395 e. The van der Waals surface area contributed by atoms with Crippen LogP contribution in [0, 0.1) is 5.92 Å². The lowest BCUT2D eigenvalue weighted by molar-refractivity contribution is 0.152. The van der Waals surface area contributed by atoms with Gasteiger partial charge in [0.2, 0.25) is 0 Å². The van der Waals surface area contributed by atoms with Crippen LogP contribution in [0.3, 0.4) is 0 Å². The Morgan fingerprint density at radius 1 is 1.22 bits per heavy atom. The molecule has 1 fully saturated rings. The highest BCUT2D eigenvalue weighted by Gasteiger charge is 2.38. The zero-order valence-electron chi connectivity index (χ0n) is 9.95. The molecule has 2 atom stereocenters. The molecule has 4 nitrogen and oxygen atoms in total. The highest BCUT2D eigenvalue weighted by atomic mass is 32.2. The molecule has 2 aliphatic rings. The first-order chi connectivity index (χ1) is 8.68. The molecule has 0 aromatic heterocycles. The van der Waals surface area contributed by atoms with Crippen molar-refractivity contribution in [2.45, 2.75) is 29.4 Å².